The number of carboxylic acids is 1. The largest absolute Gasteiger partial charge is 0.478 e. The van der Waals surface area contributed by atoms with E-state index in [4.69, 9.17) is 33.0 Å². The molecule has 0 saturated heterocycles. The molecule has 0 saturated carbocycles. The molecule has 21 heavy (non-hydrogen) atoms. The molecular weight excluding hydrogens is 323 g/mol. The molecular formula is C12H6Cl2N2O5. The smallest absolute Gasteiger partial charge is 0.335 e. The molecule has 0 spiro atoms. The number of para-hydroxylation sites is 1. The van der Waals surface area contributed by atoms with Crippen molar-refractivity contribution in [3.05, 3.63) is 56.2 Å². The third-order valence-corrected chi connectivity index (χ3v) is 2.86. The van der Waals surface area contributed by atoms with Crippen molar-refractivity contribution in [1.82, 2.24) is 4.98 Å². The lowest BCUT2D eigenvalue weighted by Crippen LogP contribution is -2.00. The summed E-state index contributed by atoms with van der Waals surface area (Å²) in [5.74, 6) is -1.69. The Balaban J connectivity index is 2.48. The molecule has 2 aromatic rings. The summed E-state index contributed by atoms with van der Waals surface area (Å²) in [6, 6.07) is 6.19. The number of nitrogens with zero attached hydrogens (tertiary/aromatic N) is 2. The number of ether oxygens (including phenoxy) is 1. The molecule has 1 N–H and O–H groups in total. The molecule has 0 unspecified atom stereocenters. The van der Waals surface area contributed by atoms with E-state index in [2.05, 4.69) is 4.98 Å². The summed E-state index contributed by atoms with van der Waals surface area (Å²) in [4.78, 5) is 24.9. The van der Waals surface area contributed by atoms with Crippen LogP contribution in [0.1, 0.15) is 10.4 Å². The number of aromatic carboxylic acids is 1. The van der Waals surface area contributed by atoms with Gasteiger partial charge in [-0.1, -0.05) is 29.3 Å². The van der Waals surface area contributed by atoms with Gasteiger partial charge in [-0.15, -0.1) is 0 Å². The number of carboxylic acid groups (broad SMARTS) is 1. The minimum Gasteiger partial charge on any atom is -0.478 e. The van der Waals surface area contributed by atoms with Gasteiger partial charge in [0.1, 0.15) is 5.15 Å². The summed E-state index contributed by atoms with van der Waals surface area (Å²) < 4.78 is 5.24. The molecule has 0 aliphatic heterocycles. The molecule has 0 amide bonds. The molecule has 108 valence electrons. The lowest BCUT2D eigenvalue weighted by molar-refractivity contribution is -0.385. The second-order valence-electron chi connectivity index (χ2n) is 3.77. The number of hydrogen-bond acceptors (Lipinski definition) is 5. The number of benzene rings is 1. The van der Waals surface area contributed by atoms with Crippen molar-refractivity contribution in [2.75, 3.05) is 0 Å². The average molecular weight is 329 g/mol. The van der Waals surface area contributed by atoms with Crippen LogP contribution in [0.4, 0.5) is 5.69 Å². The molecule has 1 aromatic heterocycles. The summed E-state index contributed by atoms with van der Waals surface area (Å²) in [6.07, 6.45) is 0. The van der Waals surface area contributed by atoms with E-state index in [1.165, 1.54) is 18.2 Å². The Bertz CT molecular complexity index is 736. The lowest BCUT2D eigenvalue weighted by Gasteiger charge is -2.08. The van der Waals surface area contributed by atoms with Gasteiger partial charge in [0, 0.05) is 12.1 Å². The summed E-state index contributed by atoms with van der Waals surface area (Å²) in [5.41, 5.74) is -0.541. The Labute approximate surface area is 127 Å². The monoisotopic (exact) mass is 328 g/mol. The predicted molar refractivity (Wildman–Crippen MR) is 74.4 cm³/mol. The van der Waals surface area contributed by atoms with Crippen molar-refractivity contribution in [2.24, 2.45) is 0 Å². The number of hydrogen-bond donors (Lipinski definition) is 1. The van der Waals surface area contributed by atoms with E-state index in [9.17, 15) is 14.9 Å². The highest BCUT2D eigenvalue weighted by Crippen LogP contribution is 2.37. The Morgan fingerprint density at radius 1 is 1.33 bits per heavy atom. The third-order valence-electron chi connectivity index (χ3n) is 2.37. The number of nitro groups is 1. The topological polar surface area (TPSA) is 103 Å². The fourth-order valence-electron chi connectivity index (χ4n) is 1.50. The first kappa shape index (κ1) is 15.0. The maximum absolute atomic E-state index is 10.9. The number of aromatic nitrogens is 1. The van der Waals surface area contributed by atoms with Crippen LogP contribution in [0.25, 0.3) is 0 Å². The number of carbonyl (C=O) groups is 1. The van der Waals surface area contributed by atoms with Crippen LogP contribution in [-0.4, -0.2) is 21.0 Å². The van der Waals surface area contributed by atoms with Gasteiger partial charge in [-0.05, 0) is 12.1 Å². The van der Waals surface area contributed by atoms with Gasteiger partial charge in [0.15, 0.2) is 0 Å². The van der Waals surface area contributed by atoms with Gasteiger partial charge in [-0.25, -0.2) is 9.78 Å². The highest BCUT2D eigenvalue weighted by atomic mass is 35.5. The fraction of sp³-hybridized carbons (Fsp3) is 0. The van der Waals surface area contributed by atoms with Crippen LogP contribution in [0.5, 0.6) is 11.6 Å². The van der Waals surface area contributed by atoms with E-state index in [-0.39, 0.29) is 33.1 Å². The normalized spacial score (nSPS) is 10.2. The van der Waals surface area contributed by atoms with Gasteiger partial charge in [-0.3, -0.25) is 10.1 Å². The molecule has 0 aliphatic carbocycles. The zero-order valence-electron chi connectivity index (χ0n) is 10.1. The second kappa shape index (κ2) is 5.94. The first-order chi connectivity index (χ1) is 9.88. The number of rotatable bonds is 4. The number of nitro benzene ring substituents is 1. The molecule has 1 heterocycles. The van der Waals surface area contributed by atoms with Gasteiger partial charge >= 0.3 is 11.7 Å². The molecule has 2 rings (SSSR count). The van der Waals surface area contributed by atoms with Crippen LogP contribution in [0.15, 0.2) is 30.3 Å². The van der Waals surface area contributed by atoms with Gasteiger partial charge in [-0.2, -0.15) is 0 Å². The first-order valence-electron chi connectivity index (χ1n) is 5.40. The van der Waals surface area contributed by atoms with E-state index in [1.807, 2.05) is 0 Å². The zero-order valence-corrected chi connectivity index (χ0v) is 11.6. The highest BCUT2D eigenvalue weighted by Gasteiger charge is 2.20. The van der Waals surface area contributed by atoms with Gasteiger partial charge in [0.25, 0.3) is 0 Å². The van der Waals surface area contributed by atoms with E-state index < -0.39 is 10.9 Å². The molecule has 7 nitrogen and oxygen atoms in total. The molecule has 1 aromatic carbocycles. The van der Waals surface area contributed by atoms with Gasteiger partial charge in [0.05, 0.1) is 15.5 Å². The van der Waals surface area contributed by atoms with E-state index in [0.29, 0.717) is 0 Å². The zero-order chi connectivity index (χ0) is 15.6. The molecule has 0 fully saturated rings. The molecule has 0 atom stereocenters. The first-order valence-corrected chi connectivity index (χ1v) is 6.15. The Morgan fingerprint density at radius 2 is 2.05 bits per heavy atom. The minimum atomic E-state index is -1.24. The van der Waals surface area contributed by atoms with Crippen LogP contribution in [0.2, 0.25) is 10.2 Å². The standard InChI is InChI=1S/C12H6Cl2N2O5/c13-7-2-1-3-8(16(19)20)11(7)21-10-5-6(12(17)18)4-9(14)15-10/h1-5H,(H,17,18). The second-order valence-corrected chi connectivity index (χ2v) is 4.56. The maximum Gasteiger partial charge on any atom is 0.335 e. The van der Waals surface area contributed by atoms with E-state index in [1.54, 1.807) is 0 Å². The fourth-order valence-corrected chi connectivity index (χ4v) is 1.90. The minimum absolute atomic E-state index is 0.0112. The Morgan fingerprint density at radius 3 is 2.67 bits per heavy atom. The summed E-state index contributed by atoms with van der Waals surface area (Å²) >= 11 is 11.5. The van der Waals surface area contributed by atoms with Crippen LogP contribution in [0, 0.1) is 10.1 Å². The number of halogens is 2. The molecule has 0 aliphatic rings. The van der Waals surface area contributed by atoms with Crippen LogP contribution >= 0.6 is 23.2 Å². The van der Waals surface area contributed by atoms with Crippen molar-refractivity contribution in [3.63, 3.8) is 0 Å². The molecule has 0 radical (unpaired) electrons. The van der Waals surface area contributed by atoms with Gasteiger partial charge < -0.3 is 9.84 Å². The maximum atomic E-state index is 10.9. The average Bonchev–Trinajstić information content (AvgIpc) is 2.40. The van der Waals surface area contributed by atoms with Crippen molar-refractivity contribution >= 4 is 34.9 Å². The SMILES string of the molecule is O=C(O)c1cc(Cl)nc(Oc2c(Cl)cccc2[N+](=O)[O-])c1. The highest BCUT2D eigenvalue weighted by molar-refractivity contribution is 6.32. The summed E-state index contributed by atoms with van der Waals surface area (Å²) in [7, 11) is 0. The molecule has 0 bridgehead atoms. The third kappa shape index (κ3) is 3.39. The van der Waals surface area contributed by atoms with Crippen LogP contribution in [-0.2, 0) is 0 Å². The summed E-state index contributed by atoms with van der Waals surface area (Å²) in [5, 5.41) is 19.7. The Hall–Kier alpha value is -2.38. The van der Waals surface area contributed by atoms with Crippen LogP contribution in [0.3, 0.4) is 0 Å². The molecule has 9 heteroatoms. The van der Waals surface area contributed by atoms with E-state index >= 15 is 0 Å². The van der Waals surface area contributed by atoms with E-state index in [0.717, 1.165) is 12.1 Å². The Kier molecular flexibility index (Phi) is 4.25. The summed E-state index contributed by atoms with van der Waals surface area (Å²) in [6.45, 7) is 0. The van der Waals surface area contributed by atoms with Crippen molar-refractivity contribution < 1.29 is 19.6 Å². The van der Waals surface area contributed by atoms with Gasteiger partial charge in [0.2, 0.25) is 11.6 Å². The quantitative estimate of drug-likeness (QED) is 0.520. The predicted octanol–water partition coefficient (Wildman–Crippen LogP) is 3.79. The van der Waals surface area contributed by atoms with Crippen molar-refractivity contribution in [2.45, 2.75) is 0 Å². The van der Waals surface area contributed by atoms with Crippen molar-refractivity contribution in [3.8, 4) is 11.6 Å². The number of pyridine rings is 1. The van der Waals surface area contributed by atoms with Crippen LogP contribution < -0.4 is 4.74 Å². The van der Waals surface area contributed by atoms with Crippen molar-refractivity contribution in [1.29, 1.82) is 0 Å². The lowest BCUT2D eigenvalue weighted by atomic mass is 10.2.